The van der Waals surface area contributed by atoms with Crippen molar-refractivity contribution in [1.29, 1.82) is 0 Å². The van der Waals surface area contributed by atoms with Gasteiger partial charge in [-0.3, -0.25) is 37.3 Å². The zero-order valence-electron chi connectivity index (χ0n) is 64.1. The van der Waals surface area contributed by atoms with Crippen molar-refractivity contribution in [1.82, 2.24) is 0 Å². The number of phosphoric acid groups is 2. The Hall–Kier alpha value is -5.84. The number of carbonyl (C=O) groups excluding carboxylic acids is 4. The van der Waals surface area contributed by atoms with E-state index in [0.29, 0.717) is 38.5 Å². The molecule has 5 atom stereocenters. The molecule has 0 aromatic heterocycles. The Kier molecular flexibility index (Phi) is 71.2. The fraction of sp³-hybridized carbons (Fsp3) is 0.600. The normalized spacial score (nSPS) is 14.9. The molecule has 17 nitrogen and oxygen atoms in total. The van der Waals surface area contributed by atoms with Crippen LogP contribution in [0.25, 0.3) is 0 Å². The summed E-state index contributed by atoms with van der Waals surface area (Å²) in [4.78, 5) is 73.0. The highest BCUT2D eigenvalue weighted by atomic mass is 31.2. The molecule has 588 valence electrons. The van der Waals surface area contributed by atoms with E-state index in [2.05, 4.69) is 186 Å². The standard InChI is InChI=1S/C85H136O17P2/c1-5-9-13-17-21-25-29-33-37-39-43-46-50-54-58-62-66-70-83(88)96-76-81(102-85(90)72-68-64-60-56-52-48-44-40-38-34-30-26-22-18-14-10-6-2)78-100-104(93,94)98-74-79(86)73-97-103(91,92)99-77-80(101-84(89)71-67-63-59-55-51-47-42-36-32-28-24-20-16-12-8-4)75-95-82(87)69-65-61-57-53-49-45-41-35-31-27-23-19-15-11-7-3/h9-11,13-15,21-28,33-38,41-44,46,48,54,56,58,60,79-81,86H,5-8,12,16-20,29-32,39-40,45,47,49-53,55,57,59,61-78H2,1-4H3,(H,91,92)(H,93,94)/b13-9-,14-10-,15-11-,25-21-,26-22-,27-23-,28-24-,37-33-,38-34-,41-35-,42-36-,46-43-,48-44-,58-54-,60-56-. The molecular weight excluding hydrogens is 1350 g/mol. The molecule has 0 rings (SSSR count). The van der Waals surface area contributed by atoms with Crippen molar-refractivity contribution in [2.24, 2.45) is 0 Å². The molecule has 0 aliphatic heterocycles. The van der Waals surface area contributed by atoms with Crippen LogP contribution in [0, 0.1) is 0 Å². The lowest BCUT2D eigenvalue weighted by atomic mass is 10.1. The summed E-state index contributed by atoms with van der Waals surface area (Å²) in [7, 11) is -10.0. The molecule has 19 heteroatoms. The molecule has 0 bridgehead atoms. The van der Waals surface area contributed by atoms with Crippen LogP contribution < -0.4 is 0 Å². The van der Waals surface area contributed by atoms with Crippen molar-refractivity contribution in [3.63, 3.8) is 0 Å². The number of allylic oxidation sites excluding steroid dienone is 30. The summed E-state index contributed by atoms with van der Waals surface area (Å²) >= 11 is 0. The maximum Gasteiger partial charge on any atom is 0.472 e. The zero-order valence-corrected chi connectivity index (χ0v) is 65.9. The van der Waals surface area contributed by atoms with Crippen LogP contribution in [-0.2, 0) is 65.4 Å². The smallest absolute Gasteiger partial charge is 0.462 e. The maximum atomic E-state index is 13.1. The second-order valence-electron chi connectivity index (χ2n) is 25.1. The first-order valence-corrected chi connectivity index (χ1v) is 42.0. The molecule has 0 aliphatic carbocycles. The number of unbranched alkanes of at least 4 members (excludes halogenated alkanes) is 15. The average Bonchev–Trinajstić information content (AvgIpc) is 0.926. The van der Waals surface area contributed by atoms with Gasteiger partial charge in [0.25, 0.3) is 0 Å². The second-order valence-corrected chi connectivity index (χ2v) is 28.1. The second kappa shape index (κ2) is 75.4. The van der Waals surface area contributed by atoms with Gasteiger partial charge in [-0.2, -0.15) is 0 Å². The van der Waals surface area contributed by atoms with Gasteiger partial charge in [0.1, 0.15) is 19.3 Å². The van der Waals surface area contributed by atoms with E-state index in [9.17, 15) is 43.2 Å². The van der Waals surface area contributed by atoms with Crippen LogP contribution in [0.2, 0.25) is 0 Å². The Morgan fingerprint density at radius 1 is 0.279 bits per heavy atom. The lowest BCUT2D eigenvalue weighted by molar-refractivity contribution is -0.161. The average molecular weight is 1490 g/mol. The van der Waals surface area contributed by atoms with Crippen LogP contribution in [0.5, 0.6) is 0 Å². The van der Waals surface area contributed by atoms with Gasteiger partial charge < -0.3 is 33.8 Å². The number of aliphatic hydroxyl groups excluding tert-OH is 1. The lowest BCUT2D eigenvalue weighted by Crippen LogP contribution is -2.30. The van der Waals surface area contributed by atoms with E-state index in [-0.39, 0.29) is 25.7 Å². The molecular formula is C85H136O17P2. The third-order valence-corrected chi connectivity index (χ3v) is 17.2. The summed E-state index contributed by atoms with van der Waals surface area (Å²) in [6.07, 6.45) is 90.3. The topological polar surface area (TPSA) is 237 Å². The minimum Gasteiger partial charge on any atom is -0.462 e. The summed E-state index contributed by atoms with van der Waals surface area (Å²) in [5.74, 6) is -2.36. The van der Waals surface area contributed by atoms with Crippen molar-refractivity contribution >= 4 is 39.5 Å². The van der Waals surface area contributed by atoms with Gasteiger partial charge in [0.15, 0.2) is 12.2 Å². The van der Waals surface area contributed by atoms with E-state index in [1.165, 1.54) is 19.3 Å². The highest BCUT2D eigenvalue weighted by molar-refractivity contribution is 7.47. The van der Waals surface area contributed by atoms with Gasteiger partial charge >= 0.3 is 39.5 Å². The minimum atomic E-state index is -5.02. The van der Waals surface area contributed by atoms with Crippen LogP contribution in [0.4, 0.5) is 0 Å². The Morgan fingerprint density at radius 2 is 0.510 bits per heavy atom. The molecule has 0 aromatic carbocycles. The molecule has 0 aliphatic rings. The number of ether oxygens (including phenoxy) is 4. The minimum absolute atomic E-state index is 0.00352. The zero-order chi connectivity index (χ0) is 76.0. The van der Waals surface area contributed by atoms with E-state index >= 15 is 0 Å². The summed E-state index contributed by atoms with van der Waals surface area (Å²) < 4.78 is 68.4. The molecule has 0 amide bonds. The van der Waals surface area contributed by atoms with Crippen LogP contribution in [-0.4, -0.2) is 96.7 Å². The lowest BCUT2D eigenvalue weighted by Gasteiger charge is -2.21. The highest BCUT2D eigenvalue weighted by Gasteiger charge is 2.30. The van der Waals surface area contributed by atoms with Gasteiger partial charge in [0.05, 0.1) is 26.4 Å². The van der Waals surface area contributed by atoms with Gasteiger partial charge in [-0.1, -0.05) is 261 Å². The fourth-order valence-electron chi connectivity index (χ4n) is 9.51. The van der Waals surface area contributed by atoms with Crippen molar-refractivity contribution in [3.8, 4) is 0 Å². The number of hydrogen-bond donors (Lipinski definition) is 3. The van der Waals surface area contributed by atoms with Crippen molar-refractivity contribution in [3.05, 3.63) is 182 Å². The third kappa shape index (κ3) is 74.4. The molecule has 0 saturated carbocycles. The Morgan fingerprint density at radius 3 is 0.817 bits per heavy atom. The molecule has 0 saturated heterocycles. The maximum absolute atomic E-state index is 13.1. The van der Waals surface area contributed by atoms with E-state index in [0.717, 1.165) is 161 Å². The van der Waals surface area contributed by atoms with Crippen LogP contribution in [0.15, 0.2) is 182 Å². The quantitative estimate of drug-likeness (QED) is 0.0169. The van der Waals surface area contributed by atoms with E-state index in [4.69, 9.17) is 37.0 Å². The molecule has 0 fully saturated rings. The monoisotopic (exact) mass is 1490 g/mol. The van der Waals surface area contributed by atoms with Crippen molar-refractivity contribution < 1.29 is 80.2 Å². The Bertz CT molecular complexity index is 2690. The van der Waals surface area contributed by atoms with E-state index in [1.807, 2.05) is 24.3 Å². The first-order chi connectivity index (χ1) is 50.7. The van der Waals surface area contributed by atoms with Crippen molar-refractivity contribution in [2.45, 2.75) is 290 Å². The number of carbonyl (C=O) groups is 4. The Labute approximate surface area is 628 Å². The number of hydrogen-bond acceptors (Lipinski definition) is 15. The highest BCUT2D eigenvalue weighted by Crippen LogP contribution is 2.45. The number of esters is 4. The number of aliphatic hydroxyl groups is 1. The SMILES string of the molecule is CC/C=C\C/C=C\C/C=C\C/C=C\C/C=C\CCCC(=O)OCC(COP(=O)(O)OCC(O)COP(=O)(O)OCC(COC(=O)CCCCCCC/C=C\C/C=C\C/C=C\CC)OC(=O)CCCCCCC/C=C\C/C=C\CCCCC)OC(=O)CCC/C=C\C/C=C\C/C=C\C/C=C\C/C=C\CC. The van der Waals surface area contributed by atoms with Gasteiger partial charge in [0.2, 0.25) is 0 Å². The van der Waals surface area contributed by atoms with Gasteiger partial charge in [0, 0.05) is 25.7 Å². The molecule has 0 aromatic rings. The molecule has 104 heavy (non-hydrogen) atoms. The predicted molar refractivity (Wildman–Crippen MR) is 426 cm³/mol. The van der Waals surface area contributed by atoms with Crippen LogP contribution in [0.3, 0.4) is 0 Å². The molecule has 0 radical (unpaired) electrons. The first kappa shape index (κ1) is 98.2. The first-order valence-electron chi connectivity index (χ1n) is 39.0. The Balaban J connectivity index is 5.52. The third-order valence-electron chi connectivity index (χ3n) is 15.3. The number of rotatable bonds is 71. The van der Waals surface area contributed by atoms with E-state index in [1.54, 1.807) is 0 Å². The van der Waals surface area contributed by atoms with Gasteiger partial charge in [-0.15, -0.1) is 0 Å². The van der Waals surface area contributed by atoms with Gasteiger partial charge in [-0.05, 0) is 167 Å². The largest absolute Gasteiger partial charge is 0.472 e. The summed E-state index contributed by atoms with van der Waals surface area (Å²) in [5, 5.41) is 10.6. The summed E-state index contributed by atoms with van der Waals surface area (Å²) in [6, 6.07) is 0. The summed E-state index contributed by atoms with van der Waals surface area (Å²) in [5.41, 5.74) is 0. The van der Waals surface area contributed by atoms with Crippen LogP contribution in [0.1, 0.15) is 272 Å². The molecule has 0 spiro atoms. The van der Waals surface area contributed by atoms with Gasteiger partial charge in [-0.25, -0.2) is 9.13 Å². The van der Waals surface area contributed by atoms with Crippen LogP contribution >= 0.6 is 15.6 Å². The molecule has 0 heterocycles. The van der Waals surface area contributed by atoms with E-state index < -0.39 is 97.5 Å². The summed E-state index contributed by atoms with van der Waals surface area (Å²) in [6.45, 7) is 4.31. The molecule has 5 unspecified atom stereocenters. The predicted octanol–water partition coefficient (Wildman–Crippen LogP) is 22.8. The molecule has 3 N–H and O–H groups in total. The fourth-order valence-corrected chi connectivity index (χ4v) is 11.1. The van der Waals surface area contributed by atoms with Crippen molar-refractivity contribution in [2.75, 3.05) is 39.6 Å². The number of phosphoric ester groups is 2.